The Morgan fingerprint density at radius 3 is 2.81 bits per heavy atom. The summed E-state index contributed by atoms with van der Waals surface area (Å²) in [5, 5.41) is 6.74. The van der Waals surface area contributed by atoms with Gasteiger partial charge in [0.1, 0.15) is 11.4 Å². The molecule has 1 unspecified atom stereocenters. The van der Waals surface area contributed by atoms with Crippen molar-refractivity contribution in [2.45, 2.75) is 33.4 Å². The Morgan fingerprint density at radius 2 is 2.06 bits per heavy atom. The zero-order valence-corrected chi connectivity index (χ0v) is 21.3. The molecule has 1 aromatic carbocycles. The molecule has 2 aromatic heterocycles. The van der Waals surface area contributed by atoms with Crippen LogP contribution in [0.1, 0.15) is 28.9 Å². The van der Waals surface area contributed by atoms with Crippen molar-refractivity contribution in [1.82, 2.24) is 20.0 Å². The molecule has 0 spiro atoms. The number of pyridine rings is 1. The maximum atomic E-state index is 6.15. The first-order valence-corrected chi connectivity index (χ1v) is 10.8. The fourth-order valence-corrected chi connectivity index (χ4v) is 3.72. The van der Waals surface area contributed by atoms with E-state index in [0.717, 1.165) is 53.9 Å². The van der Waals surface area contributed by atoms with E-state index in [1.54, 1.807) is 7.05 Å². The topological polar surface area (TPSA) is 72.2 Å². The summed E-state index contributed by atoms with van der Waals surface area (Å²) in [6, 6.07) is 12.4. The number of ether oxygens (including phenoxy) is 2. The van der Waals surface area contributed by atoms with Crippen molar-refractivity contribution >= 4 is 35.6 Å². The van der Waals surface area contributed by atoms with E-state index in [9.17, 15) is 0 Å². The molecule has 4 rings (SSSR count). The van der Waals surface area contributed by atoms with Gasteiger partial charge in [-0.25, -0.2) is 4.98 Å². The van der Waals surface area contributed by atoms with Crippen LogP contribution in [0.25, 0.3) is 5.65 Å². The highest BCUT2D eigenvalue weighted by Crippen LogP contribution is 2.22. The molecule has 0 bridgehead atoms. The van der Waals surface area contributed by atoms with Crippen LogP contribution in [0.4, 0.5) is 0 Å². The van der Waals surface area contributed by atoms with Gasteiger partial charge in [-0.2, -0.15) is 0 Å². The van der Waals surface area contributed by atoms with Gasteiger partial charge in [0.15, 0.2) is 5.96 Å². The van der Waals surface area contributed by atoms with E-state index < -0.39 is 0 Å². The average molecular weight is 549 g/mol. The Hall–Kier alpha value is -2.33. The molecular formula is C24H32IN5O2. The van der Waals surface area contributed by atoms with Crippen molar-refractivity contribution in [2.24, 2.45) is 10.9 Å². The van der Waals surface area contributed by atoms with E-state index in [0.29, 0.717) is 25.6 Å². The van der Waals surface area contributed by atoms with Crippen molar-refractivity contribution in [3.05, 3.63) is 65.1 Å². The van der Waals surface area contributed by atoms with Crippen LogP contribution in [0.2, 0.25) is 0 Å². The first-order chi connectivity index (χ1) is 15.1. The summed E-state index contributed by atoms with van der Waals surface area (Å²) in [4.78, 5) is 9.02. The lowest BCUT2D eigenvalue weighted by atomic mass is 10.1. The maximum Gasteiger partial charge on any atom is 0.191 e. The molecule has 2 N–H and O–H groups in total. The molecule has 172 valence electrons. The van der Waals surface area contributed by atoms with Gasteiger partial charge in [-0.3, -0.25) is 4.99 Å². The van der Waals surface area contributed by atoms with Gasteiger partial charge in [0, 0.05) is 43.6 Å². The van der Waals surface area contributed by atoms with Crippen molar-refractivity contribution in [3.8, 4) is 5.75 Å². The molecule has 3 aromatic rings. The number of nitrogens with zero attached hydrogens (tertiary/aromatic N) is 3. The van der Waals surface area contributed by atoms with E-state index in [1.165, 1.54) is 5.56 Å². The van der Waals surface area contributed by atoms with E-state index in [2.05, 4.69) is 69.3 Å². The smallest absolute Gasteiger partial charge is 0.191 e. The molecule has 32 heavy (non-hydrogen) atoms. The lowest BCUT2D eigenvalue weighted by Crippen LogP contribution is -2.36. The molecule has 7 nitrogen and oxygen atoms in total. The second-order valence-electron chi connectivity index (χ2n) is 8.06. The third-order valence-corrected chi connectivity index (χ3v) is 5.57. The van der Waals surface area contributed by atoms with Gasteiger partial charge in [0.25, 0.3) is 0 Å². The van der Waals surface area contributed by atoms with Gasteiger partial charge in [0.2, 0.25) is 0 Å². The SMILES string of the molecule is CN=C(NCc1cn2c(C)cccc2n1)NCc1ccc(C)cc1OCC1CCOC1.I. The van der Waals surface area contributed by atoms with Crippen LogP contribution in [-0.4, -0.2) is 42.2 Å². The van der Waals surface area contributed by atoms with E-state index in [-0.39, 0.29) is 24.0 Å². The number of aliphatic imine (C=N–C) groups is 1. The number of halogens is 1. The van der Waals surface area contributed by atoms with Crippen LogP contribution < -0.4 is 15.4 Å². The van der Waals surface area contributed by atoms with Crippen LogP contribution in [0.15, 0.2) is 47.6 Å². The van der Waals surface area contributed by atoms with Crippen LogP contribution in [0.5, 0.6) is 5.75 Å². The van der Waals surface area contributed by atoms with Crippen LogP contribution >= 0.6 is 24.0 Å². The third kappa shape index (κ3) is 6.13. The number of aromatic nitrogens is 2. The molecule has 0 aliphatic carbocycles. The van der Waals surface area contributed by atoms with Gasteiger partial charge in [-0.15, -0.1) is 24.0 Å². The normalized spacial score (nSPS) is 16.1. The third-order valence-electron chi connectivity index (χ3n) is 5.57. The quantitative estimate of drug-likeness (QED) is 0.266. The number of hydrogen-bond donors (Lipinski definition) is 2. The van der Waals surface area contributed by atoms with Crippen molar-refractivity contribution in [2.75, 3.05) is 26.9 Å². The fraction of sp³-hybridized carbons (Fsp3) is 0.417. The van der Waals surface area contributed by atoms with Crippen LogP contribution in [-0.2, 0) is 17.8 Å². The minimum atomic E-state index is 0. The van der Waals surface area contributed by atoms with Gasteiger partial charge in [-0.1, -0.05) is 18.2 Å². The number of rotatable bonds is 7. The molecule has 0 radical (unpaired) electrons. The lowest BCUT2D eigenvalue weighted by molar-refractivity contribution is 0.166. The molecule has 1 aliphatic heterocycles. The van der Waals surface area contributed by atoms with E-state index in [1.807, 2.05) is 12.1 Å². The number of imidazole rings is 1. The van der Waals surface area contributed by atoms with Gasteiger partial charge < -0.3 is 24.5 Å². The van der Waals surface area contributed by atoms with Gasteiger partial charge >= 0.3 is 0 Å². The molecule has 0 saturated carbocycles. The molecule has 1 aliphatic rings. The Balaban J connectivity index is 0.00000289. The predicted octanol–water partition coefficient (Wildman–Crippen LogP) is 3.85. The molecule has 0 amide bonds. The Morgan fingerprint density at radius 1 is 1.22 bits per heavy atom. The summed E-state index contributed by atoms with van der Waals surface area (Å²) in [6.07, 6.45) is 3.13. The zero-order valence-electron chi connectivity index (χ0n) is 18.9. The van der Waals surface area contributed by atoms with Crippen molar-refractivity contribution in [3.63, 3.8) is 0 Å². The minimum Gasteiger partial charge on any atom is -0.493 e. The van der Waals surface area contributed by atoms with Crippen LogP contribution in [0.3, 0.4) is 0 Å². The summed E-state index contributed by atoms with van der Waals surface area (Å²) in [7, 11) is 1.77. The van der Waals surface area contributed by atoms with Gasteiger partial charge in [-0.05, 0) is 44.0 Å². The molecule has 1 saturated heterocycles. The zero-order chi connectivity index (χ0) is 21.6. The first-order valence-electron chi connectivity index (χ1n) is 10.8. The summed E-state index contributed by atoms with van der Waals surface area (Å²) in [5.41, 5.74) is 5.38. The van der Waals surface area contributed by atoms with Crippen molar-refractivity contribution in [1.29, 1.82) is 0 Å². The number of hydrogen-bond acceptors (Lipinski definition) is 4. The number of guanidine groups is 1. The fourth-order valence-electron chi connectivity index (χ4n) is 3.72. The summed E-state index contributed by atoms with van der Waals surface area (Å²) >= 11 is 0. The average Bonchev–Trinajstić information content (AvgIpc) is 3.43. The highest BCUT2D eigenvalue weighted by molar-refractivity contribution is 14.0. The highest BCUT2D eigenvalue weighted by atomic mass is 127. The van der Waals surface area contributed by atoms with E-state index in [4.69, 9.17) is 9.47 Å². The first kappa shape index (κ1) is 24.3. The Bertz CT molecular complexity index is 1060. The van der Waals surface area contributed by atoms with Crippen LogP contribution in [0, 0.1) is 19.8 Å². The second kappa shape index (κ2) is 11.5. The molecule has 8 heteroatoms. The molecule has 1 fully saturated rings. The lowest BCUT2D eigenvalue weighted by Gasteiger charge is -2.16. The maximum absolute atomic E-state index is 6.15. The van der Waals surface area contributed by atoms with E-state index >= 15 is 0 Å². The number of aryl methyl sites for hydroxylation is 2. The van der Waals surface area contributed by atoms with Crippen molar-refractivity contribution < 1.29 is 9.47 Å². The molecular weight excluding hydrogens is 517 g/mol. The number of benzene rings is 1. The Labute approximate surface area is 206 Å². The standard InChI is InChI=1S/C24H31N5O2.HI/c1-17-7-8-20(22(11-17)31-16-19-9-10-30-15-19)12-26-24(25-3)27-13-21-14-29-18(2)5-4-6-23(29)28-21;/h4-8,11,14,19H,9-10,12-13,15-16H2,1-3H3,(H2,25,26,27);1H. The second-order valence-corrected chi connectivity index (χ2v) is 8.06. The monoisotopic (exact) mass is 549 g/mol. The number of nitrogens with one attached hydrogen (secondary N) is 2. The summed E-state index contributed by atoms with van der Waals surface area (Å²) in [5.74, 6) is 2.12. The highest BCUT2D eigenvalue weighted by Gasteiger charge is 2.17. The minimum absolute atomic E-state index is 0. The molecule has 1 atom stereocenters. The predicted molar refractivity (Wildman–Crippen MR) is 138 cm³/mol. The van der Waals surface area contributed by atoms with Gasteiger partial charge in [0.05, 0.1) is 25.5 Å². The summed E-state index contributed by atoms with van der Waals surface area (Å²) < 4.78 is 13.7. The number of fused-ring (bicyclic) bond motifs is 1. The summed E-state index contributed by atoms with van der Waals surface area (Å²) in [6.45, 7) is 7.70. The molecule has 3 heterocycles. The largest absolute Gasteiger partial charge is 0.493 e. The Kier molecular flexibility index (Phi) is 8.75.